The Balaban J connectivity index is 1.89. The lowest BCUT2D eigenvalue weighted by Gasteiger charge is -2.34. The molecule has 0 aromatic heterocycles. The van der Waals surface area contributed by atoms with Crippen LogP contribution < -0.4 is 5.32 Å². The van der Waals surface area contributed by atoms with E-state index >= 15 is 0 Å². The summed E-state index contributed by atoms with van der Waals surface area (Å²) in [7, 11) is -1.54. The number of morpholine rings is 1. The lowest BCUT2D eigenvalue weighted by atomic mass is 9.87. The number of ether oxygens (including phenoxy) is 1. The van der Waals surface area contributed by atoms with Gasteiger partial charge in [0, 0.05) is 25.7 Å². The molecule has 1 aliphatic heterocycles. The molecule has 0 saturated carbocycles. The number of hydrogen-bond donors (Lipinski definition) is 1. The van der Waals surface area contributed by atoms with Crippen molar-refractivity contribution in [2.45, 2.75) is 45.2 Å². The van der Waals surface area contributed by atoms with Crippen LogP contribution in [-0.2, 0) is 26.1 Å². The Morgan fingerprint density at radius 2 is 1.79 bits per heavy atom. The smallest absolute Gasteiger partial charge is 0.243 e. The number of sulfonamides is 1. The van der Waals surface area contributed by atoms with Crippen molar-refractivity contribution >= 4 is 15.9 Å². The average Bonchev–Trinajstić information content (AvgIpc) is 2.66. The van der Waals surface area contributed by atoms with E-state index in [4.69, 9.17) is 4.74 Å². The third-order valence-electron chi connectivity index (χ3n) is 5.33. The first-order chi connectivity index (χ1) is 13.0. The highest BCUT2D eigenvalue weighted by atomic mass is 32.2. The molecule has 1 N–H and O–H groups in total. The van der Waals surface area contributed by atoms with Gasteiger partial charge in [-0.05, 0) is 37.1 Å². The molecule has 158 valence electrons. The minimum atomic E-state index is -3.49. The Bertz CT molecular complexity index is 751. The molecule has 7 nitrogen and oxygen atoms in total. The molecule has 0 aliphatic carbocycles. The quantitative estimate of drug-likeness (QED) is 0.739. The normalized spacial score (nSPS) is 17.5. The van der Waals surface area contributed by atoms with Gasteiger partial charge in [0.25, 0.3) is 0 Å². The van der Waals surface area contributed by atoms with E-state index in [9.17, 15) is 13.2 Å². The largest absolute Gasteiger partial charge is 0.379 e. The molecule has 1 heterocycles. The maximum absolute atomic E-state index is 12.6. The standard InChI is InChI=1S/C20H33N3O4S/c1-16(20(2,3)4)22(5)15-19(24)21-14-17-6-8-18(9-7-17)28(25,26)23-10-12-27-13-11-23/h6-9,16H,10-15H2,1-5H3,(H,21,24). The molecular weight excluding hydrogens is 378 g/mol. The molecule has 1 atom stereocenters. The van der Waals surface area contributed by atoms with Crippen LogP contribution >= 0.6 is 0 Å². The van der Waals surface area contributed by atoms with Crippen molar-refractivity contribution in [3.63, 3.8) is 0 Å². The molecular formula is C20H33N3O4S. The number of nitrogens with zero attached hydrogens (tertiary/aromatic N) is 2. The molecule has 1 fully saturated rings. The topological polar surface area (TPSA) is 79.0 Å². The van der Waals surface area contributed by atoms with Gasteiger partial charge in [0.15, 0.2) is 0 Å². The second kappa shape index (κ2) is 9.35. The Labute approximate surface area is 169 Å². The molecule has 1 aliphatic rings. The summed E-state index contributed by atoms with van der Waals surface area (Å²) in [5, 5.41) is 2.90. The van der Waals surface area contributed by atoms with Gasteiger partial charge < -0.3 is 10.1 Å². The predicted octanol–water partition coefficient (Wildman–Crippen LogP) is 1.69. The molecule has 0 radical (unpaired) electrons. The fourth-order valence-electron chi connectivity index (χ4n) is 3.00. The van der Waals surface area contributed by atoms with Crippen LogP contribution in [0.3, 0.4) is 0 Å². The molecule has 1 amide bonds. The molecule has 28 heavy (non-hydrogen) atoms. The number of hydrogen-bond acceptors (Lipinski definition) is 5. The van der Waals surface area contributed by atoms with E-state index < -0.39 is 10.0 Å². The Morgan fingerprint density at radius 1 is 1.21 bits per heavy atom. The first-order valence-electron chi connectivity index (χ1n) is 9.65. The van der Waals surface area contributed by atoms with Crippen LogP contribution in [0.15, 0.2) is 29.2 Å². The summed E-state index contributed by atoms with van der Waals surface area (Å²) in [6, 6.07) is 6.95. The fraction of sp³-hybridized carbons (Fsp3) is 0.650. The second-order valence-electron chi connectivity index (χ2n) is 8.39. The summed E-state index contributed by atoms with van der Waals surface area (Å²) in [6.45, 7) is 10.9. The van der Waals surface area contributed by atoms with Gasteiger partial charge in [0.2, 0.25) is 15.9 Å². The van der Waals surface area contributed by atoms with Gasteiger partial charge in [0.05, 0.1) is 24.7 Å². The number of carbonyl (C=O) groups excluding carboxylic acids is 1. The highest BCUT2D eigenvalue weighted by molar-refractivity contribution is 7.89. The molecule has 2 rings (SSSR count). The monoisotopic (exact) mass is 411 g/mol. The average molecular weight is 412 g/mol. The SMILES string of the molecule is CC(N(C)CC(=O)NCc1ccc(S(=O)(=O)N2CCOCC2)cc1)C(C)(C)C. The predicted molar refractivity (Wildman–Crippen MR) is 109 cm³/mol. The van der Waals surface area contributed by atoms with Crippen molar-refractivity contribution < 1.29 is 17.9 Å². The van der Waals surface area contributed by atoms with Crippen LogP contribution in [0.25, 0.3) is 0 Å². The van der Waals surface area contributed by atoms with Gasteiger partial charge in [-0.15, -0.1) is 0 Å². The maximum Gasteiger partial charge on any atom is 0.243 e. The summed E-state index contributed by atoms with van der Waals surface area (Å²) < 4.78 is 31.9. The molecule has 1 unspecified atom stereocenters. The minimum absolute atomic E-state index is 0.0522. The number of carbonyl (C=O) groups is 1. The van der Waals surface area contributed by atoms with Crippen molar-refractivity contribution in [3.05, 3.63) is 29.8 Å². The lowest BCUT2D eigenvalue weighted by Crippen LogP contribution is -2.44. The molecule has 1 aromatic rings. The van der Waals surface area contributed by atoms with Crippen LogP contribution in [0.2, 0.25) is 0 Å². The van der Waals surface area contributed by atoms with E-state index in [0.29, 0.717) is 39.4 Å². The number of benzene rings is 1. The first kappa shape index (κ1) is 22.8. The van der Waals surface area contributed by atoms with Gasteiger partial charge in [0.1, 0.15) is 0 Å². The third-order valence-corrected chi connectivity index (χ3v) is 7.24. The van der Waals surface area contributed by atoms with Crippen molar-refractivity contribution in [2.75, 3.05) is 39.9 Å². The minimum Gasteiger partial charge on any atom is -0.379 e. The van der Waals surface area contributed by atoms with Crippen molar-refractivity contribution in [1.82, 2.24) is 14.5 Å². The van der Waals surface area contributed by atoms with Gasteiger partial charge in [-0.3, -0.25) is 9.69 Å². The van der Waals surface area contributed by atoms with E-state index in [1.807, 2.05) is 11.9 Å². The zero-order chi connectivity index (χ0) is 20.9. The van der Waals surface area contributed by atoms with Crippen molar-refractivity contribution in [1.29, 1.82) is 0 Å². The Kier molecular flexibility index (Phi) is 7.61. The number of nitrogens with one attached hydrogen (secondary N) is 1. The van der Waals surface area contributed by atoms with Crippen LogP contribution in [-0.4, -0.2) is 69.5 Å². The summed E-state index contributed by atoms with van der Waals surface area (Å²) in [6.07, 6.45) is 0. The molecule has 1 aromatic carbocycles. The van der Waals surface area contributed by atoms with Crippen LogP contribution in [0, 0.1) is 5.41 Å². The third kappa shape index (κ3) is 6.01. The number of likely N-dealkylation sites (N-methyl/N-ethyl adjacent to an activating group) is 1. The van der Waals surface area contributed by atoms with Crippen molar-refractivity contribution in [2.24, 2.45) is 5.41 Å². The zero-order valence-electron chi connectivity index (χ0n) is 17.6. The molecule has 0 bridgehead atoms. The lowest BCUT2D eigenvalue weighted by molar-refractivity contribution is -0.123. The van der Waals surface area contributed by atoms with Gasteiger partial charge in [-0.25, -0.2) is 8.42 Å². The highest BCUT2D eigenvalue weighted by Gasteiger charge is 2.26. The Hall–Kier alpha value is -1.48. The second-order valence-corrected chi connectivity index (χ2v) is 10.3. The summed E-state index contributed by atoms with van der Waals surface area (Å²) in [5.74, 6) is -0.0522. The molecule has 1 saturated heterocycles. The highest BCUT2D eigenvalue weighted by Crippen LogP contribution is 2.22. The van der Waals surface area contributed by atoms with Crippen LogP contribution in [0.1, 0.15) is 33.3 Å². The van der Waals surface area contributed by atoms with Gasteiger partial charge in [-0.1, -0.05) is 32.9 Å². The van der Waals surface area contributed by atoms with Crippen LogP contribution in [0.5, 0.6) is 0 Å². The Morgan fingerprint density at radius 3 is 2.32 bits per heavy atom. The molecule has 0 spiro atoms. The number of rotatable bonds is 7. The van der Waals surface area contributed by atoms with E-state index in [-0.39, 0.29) is 22.3 Å². The first-order valence-corrected chi connectivity index (χ1v) is 11.1. The fourth-order valence-corrected chi connectivity index (χ4v) is 4.40. The zero-order valence-corrected chi connectivity index (χ0v) is 18.4. The van der Waals surface area contributed by atoms with Gasteiger partial charge >= 0.3 is 0 Å². The number of amides is 1. The van der Waals surface area contributed by atoms with Crippen molar-refractivity contribution in [3.8, 4) is 0 Å². The maximum atomic E-state index is 12.6. The summed E-state index contributed by atoms with van der Waals surface area (Å²) in [5.41, 5.74) is 0.956. The van der Waals surface area contributed by atoms with Gasteiger partial charge in [-0.2, -0.15) is 4.31 Å². The molecule has 8 heteroatoms. The summed E-state index contributed by atoms with van der Waals surface area (Å²) >= 11 is 0. The summed E-state index contributed by atoms with van der Waals surface area (Å²) in [4.78, 5) is 14.5. The van der Waals surface area contributed by atoms with Crippen LogP contribution in [0.4, 0.5) is 0 Å². The van der Waals surface area contributed by atoms with E-state index in [0.717, 1.165) is 5.56 Å². The van der Waals surface area contributed by atoms with E-state index in [1.165, 1.54) is 4.31 Å². The van der Waals surface area contributed by atoms with E-state index in [1.54, 1.807) is 24.3 Å². The van der Waals surface area contributed by atoms with E-state index in [2.05, 4.69) is 33.0 Å².